The average Bonchev–Trinajstić information content (AvgIpc) is 2.35. The van der Waals surface area contributed by atoms with Crippen LogP contribution in [0.5, 0.6) is 0 Å². The highest BCUT2D eigenvalue weighted by molar-refractivity contribution is 6.30. The predicted octanol–water partition coefficient (Wildman–Crippen LogP) is 4.35. The molecule has 0 amide bonds. The molecule has 1 N–H and O–H groups in total. The van der Waals surface area contributed by atoms with Crippen LogP contribution in [-0.2, 0) is 6.42 Å². The number of halogens is 2. The molecule has 1 fully saturated rings. The van der Waals surface area contributed by atoms with Crippen molar-refractivity contribution in [1.82, 2.24) is 0 Å². The minimum atomic E-state index is -0.407. The van der Waals surface area contributed by atoms with E-state index in [9.17, 15) is 9.50 Å². The van der Waals surface area contributed by atoms with Gasteiger partial charge < -0.3 is 5.11 Å². The predicted molar refractivity (Wildman–Crippen MR) is 72.3 cm³/mol. The molecule has 3 heteroatoms. The summed E-state index contributed by atoms with van der Waals surface area (Å²) < 4.78 is 13.4. The maximum atomic E-state index is 13.4. The van der Waals surface area contributed by atoms with E-state index in [0.29, 0.717) is 6.42 Å². The van der Waals surface area contributed by atoms with Gasteiger partial charge in [0, 0.05) is 0 Å². The standard InChI is InChI=1S/C15H20ClFO/c1-15(7-3-2-4-8-15)14(18)10-11-5-6-12(16)13(17)9-11/h5-6,9,14,18H,2-4,7-8,10H2,1H3. The minimum Gasteiger partial charge on any atom is -0.392 e. The van der Waals surface area contributed by atoms with Gasteiger partial charge in [-0.05, 0) is 42.4 Å². The second kappa shape index (κ2) is 5.58. The first-order chi connectivity index (χ1) is 8.51. The second-order valence-electron chi connectivity index (χ2n) is 5.68. The third kappa shape index (κ3) is 3.04. The highest BCUT2D eigenvalue weighted by Gasteiger charge is 2.34. The Morgan fingerprint density at radius 3 is 2.61 bits per heavy atom. The van der Waals surface area contributed by atoms with E-state index in [-0.39, 0.29) is 10.4 Å². The fourth-order valence-corrected chi connectivity index (χ4v) is 2.95. The number of aliphatic hydroxyl groups is 1. The van der Waals surface area contributed by atoms with Gasteiger partial charge >= 0.3 is 0 Å². The van der Waals surface area contributed by atoms with Crippen molar-refractivity contribution in [3.8, 4) is 0 Å². The van der Waals surface area contributed by atoms with Gasteiger partial charge in [0.1, 0.15) is 5.82 Å². The van der Waals surface area contributed by atoms with E-state index in [2.05, 4.69) is 6.92 Å². The summed E-state index contributed by atoms with van der Waals surface area (Å²) in [7, 11) is 0. The molecular weight excluding hydrogens is 251 g/mol. The number of benzene rings is 1. The molecule has 0 spiro atoms. The molecule has 1 aromatic rings. The fourth-order valence-electron chi connectivity index (χ4n) is 2.83. The molecule has 1 atom stereocenters. The number of aliphatic hydroxyl groups excluding tert-OH is 1. The maximum absolute atomic E-state index is 13.4. The Kier molecular flexibility index (Phi) is 4.29. The first-order valence-electron chi connectivity index (χ1n) is 6.63. The molecule has 0 radical (unpaired) electrons. The zero-order valence-electron chi connectivity index (χ0n) is 10.8. The summed E-state index contributed by atoms with van der Waals surface area (Å²) >= 11 is 5.66. The normalized spacial score (nSPS) is 20.7. The smallest absolute Gasteiger partial charge is 0.142 e. The van der Waals surface area contributed by atoms with Crippen molar-refractivity contribution >= 4 is 11.6 Å². The second-order valence-corrected chi connectivity index (χ2v) is 6.09. The van der Waals surface area contributed by atoms with Crippen LogP contribution in [-0.4, -0.2) is 11.2 Å². The van der Waals surface area contributed by atoms with E-state index < -0.39 is 11.9 Å². The number of hydrogen-bond acceptors (Lipinski definition) is 1. The Bertz CT molecular complexity index is 413. The third-order valence-corrected chi connectivity index (χ3v) is 4.52. The zero-order chi connectivity index (χ0) is 13.2. The van der Waals surface area contributed by atoms with Crippen LogP contribution in [0.3, 0.4) is 0 Å². The molecule has 100 valence electrons. The molecule has 0 aromatic heterocycles. The number of rotatable bonds is 3. The Morgan fingerprint density at radius 2 is 2.00 bits per heavy atom. The van der Waals surface area contributed by atoms with Crippen molar-refractivity contribution in [2.75, 3.05) is 0 Å². The van der Waals surface area contributed by atoms with Crippen molar-refractivity contribution in [3.05, 3.63) is 34.6 Å². The molecule has 1 aromatic carbocycles. The summed E-state index contributed by atoms with van der Waals surface area (Å²) in [6, 6.07) is 4.78. The molecule has 0 heterocycles. The van der Waals surface area contributed by atoms with E-state index in [4.69, 9.17) is 11.6 Å². The van der Waals surface area contributed by atoms with Crippen molar-refractivity contribution in [1.29, 1.82) is 0 Å². The van der Waals surface area contributed by atoms with Crippen molar-refractivity contribution in [2.24, 2.45) is 5.41 Å². The number of hydrogen-bond donors (Lipinski definition) is 1. The molecule has 1 nitrogen and oxygen atoms in total. The first kappa shape index (κ1) is 13.8. The van der Waals surface area contributed by atoms with Crippen LogP contribution < -0.4 is 0 Å². The van der Waals surface area contributed by atoms with E-state index >= 15 is 0 Å². The lowest BCUT2D eigenvalue weighted by atomic mass is 9.70. The first-order valence-corrected chi connectivity index (χ1v) is 7.01. The van der Waals surface area contributed by atoms with Crippen LogP contribution in [0.4, 0.5) is 4.39 Å². The largest absolute Gasteiger partial charge is 0.392 e. The topological polar surface area (TPSA) is 20.2 Å². The van der Waals surface area contributed by atoms with E-state index in [1.165, 1.54) is 25.3 Å². The Morgan fingerprint density at radius 1 is 1.33 bits per heavy atom. The summed E-state index contributed by atoms with van der Waals surface area (Å²) in [5, 5.41) is 10.5. The van der Waals surface area contributed by atoms with Gasteiger partial charge in [0.25, 0.3) is 0 Å². The highest BCUT2D eigenvalue weighted by atomic mass is 35.5. The zero-order valence-corrected chi connectivity index (χ0v) is 11.5. The maximum Gasteiger partial charge on any atom is 0.142 e. The SMILES string of the molecule is CC1(C(O)Cc2ccc(Cl)c(F)c2)CCCCC1. The molecule has 0 bridgehead atoms. The van der Waals surface area contributed by atoms with Gasteiger partial charge in [0.15, 0.2) is 0 Å². The molecular formula is C15H20ClFO. The van der Waals surface area contributed by atoms with Gasteiger partial charge in [0.05, 0.1) is 11.1 Å². The van der Waals surface area contributed by atoms with E-state index in [1.807, 2.05) is 0 Å². The lowest BCUT2D eigenvalue weighted by molar-refractivity contribution is 0.0104. The molecule has 2 rings (SSSR count). The molecule has 1 aliphatic rings. The average molecular weight is 271 g/mol. The van der Waals surface area contributed by atoms with Crippen LogP contribution in [0.25, 0.3) is 0 Å². The van der Waals surface area contributed by atoms with Crippen molar-refractivity contribution in [2.45, 2.75) is 51.6 Å². The molecule has 0 saturated heterocycles. The van der Waals surface area contributed by atoms with Crippen LogP contribution in [0, 0.1) is 11.2 Å². The third-order valence-electron chi connectivity index (χ3n) is 4.21. The lowest BCUT2D eigenvalue weighted by Crippen LogP contribution is -2.35. The summed E-state index contributed by atoms with van der Waals surface area (Å²) in [6.45, 7) is 2.14. The Hall–Kier alpha value is -0.600. The molecule has 1 unspecified atom stereocenters. The van der Waals surface area contributed by atoms with Crippen LogP contribution in [0.2, 0.25) is 5.02 Å². The van der Waals surface area contributed by atoms with Gasteiger partial charge in [-0.25, -0.2) is 4.39 Å². The minimum absolute atomic E-state index is 0.0195. The lowest BCUT2D eigenvalue weighted by Gasteiger charge is -2.38. The Balaban J connectivity index is 2.05. The van der Waals surface area contributed by atoms with Crippen LogP contribution in [0.15, 0.2) is 18.2 Å². The van der Waals surface area contributed by atoms with Gasteiger partial charge in [-0.3, -0.25) is 0 Å². The van der Waals surface area contributed by atoms with Crippen molar-refractivity contribution in [3.63, 3.8) is 0 Å². The fraction of sp³-hybridized carbons (Fsp3) is 0.600. The quantitative estimate of drug-likeness (QED) is 0.866. The molecule has 1 saturated carbocycles. The van der Waals surface area contributed by atoms with Gasteiger partial charge in [-0.2, -0.15) is 0 Å². The van der Waals surface area contributed by atoms with E-state index in [1.54, 1.807) is 12.1 Å². The summed E-state index contributed by atoms with van der Waals surface area (Å²) in [5.41, 5.74) is 0.796. The van der Waals surface area contributed by atoms with Crippen LogP contribution >= 0.6 is 11.6 Å². The summed E-state index contributed by atoms with van der Waals surface area (Å²) in [4.78, 5) is 0. The van der Waals surface area contributed by atoms with Crippen molar-refractivity contribution < 1.29 is 9.50 Å². The monoisotopic (exact) mass is 270 g/mol. The summed E-state index contributed by atoms with van der Waals surface area (Å²) in [6.07, 6.45) is 5.85. The van der Waals surface area contributed by atoms with Gasteiger partial charge in [0.2, 0.25) is 0 Å². The van der Waals surface area contributed by atoms with Gasteiger partial charge in [-0.15, -0.1) is 0 Å². The molecule has 0 aliphatic heterocycles. The molecule has 1 aliphatic carbocycles. The highest BCUT2D eigenvalue weighted by Crippen LogP contribution is 2.39. The summed E-state index contributed by atoms with van der Waals surface area (Å²) in [5.74, 6) is -0.407. The van der Waals surface area contributed by atoms with E-state index in [0.717, 1.165) is 18.4 Å². The Labute approximate surface area is 113 Å². The molecule has 18 heavy (non-hydrogen) atoms. The van der Waals surface area contributed by atoms with Crippen LogP contribution in [0.1, 0.15) is 44.6 Å². The van der Waals surface area contributed by atoms with Gasteiger partial charge in [-0.1, -0.05) is 43.9 Å².